The first-order valence-corrected chi connectivity index (χ1v) is 7.33. The zero-order valence-electron chi connectivity index (χ0n) is 9.98. The zero-order chi connectivity index (χ0) is 13.7. The summed E-state index contributed by atoms with van der Waals surface area (Å²) >= 11 is -0.239. The number of carbonyl (C=O) groups excluding carboxylic acids is 1. The van der Waals surface area contributed by atoms with Crippen LogP contribution >= 0.6 is 0 Å². The number of rotatable bonds is 4. The molecule has 0 saturated heterocycles. The van der Waals surface area contributed by atoms with Crippen molar-refractivity contribution in [2.75, 3.05) is 0 Å². The van der Waals surface area contributed by atoms with Crippen LogP contribution in [-0.2, 0) is 4.79 Å². The van der Waals surface area contributed by atoms with Crippen LogP contribution in [0, 0.1) is 0 Å². The second-order valence-corrected chi connectivity index (χ2v) is 6.08. The van der Waals surface area contributed by atoms with E-state index in [1.807, 2.05) is 30.3 Å². The van der Waals surface area contributed by atoms with Gasteiger partial charge >= 0.3 is 117 Å². The number of phenolic OH excluding ortho intramolecular Hbond substituents is 2. The van der Waals surface area contributed by atoms with E-state index in [0.29, 0.717) is 5.56 Å². The third-order valence-electron chi connectivity index (χ3n) is 2.37. The molecule has 96 valence electrons. The molecule has 0 saturated carbocycles. The van der Waals surface area contributed by atoms with Crippen molar-refractivity contribution in [3.8, 4) is 11.5 Å². The average Bonchev–Trinajstić information content (AvgIpc) is 2.41. The van der Waals surface area contributed by atoms with E-state index in [4.69, 9.17) is 0 Å². The van der Waals surface area contributed by atoms with Gasteiger partial charge in [-0.1, -0.05) is 0 Å². The molecule has 2 rings (SSSR count). The van der Waals surface area contributed by atoms with E-state index in [9.17, 15) is 15.0 Å². The van der Waals surface area contributed by atoms with Gasteiger partial charge < -0.3 is 0 Å². The molecule has 4 heteroatoms. The van der Waals surface area contributed by atoms with Crippen molar-refractivity contribution in [1.29, 1.82) is 0 Å². The third kappa shape index (κ3) is 3.98. The molecule has 0 unspecified atom stereocenters. The molecule has 0 spiro atoms. The van der Waals surface area contributed by atoms with E-state index in [-0.39, 0.29) is 31.1 Å². The van der Waals surface area contributed by atoms with Gasteiger partial charge in [0.05, 0.1) is 0 Å². The van der Waals surface area contributed by atoms with E-state index < -0.39 is 0 Å². The molecule has 0 heterocycles. The van der Waals surface area contributed by atoms with E-state index in [1.165, 1.54) is 18.2 Å². The van der Waals surface area contributed by atoms with Gasteiger partial charge in [0.2, 0.25) is 0 Å². The van der Waals surface area contributed by atoms with Gasteiger partial charge in [-0.25, -0.2) is 0 Å². The number of hydrogen-bond donors (Lipinski definition) is 2. The molecular weight excluding hydrogens is 307 g/mol. The van der Waals surface area contributed by atoms with Gasteiger partial charge in [-0.3, -0.25) is 0 Å². The van der Waals surface area contributed by atoms with Gasteiger partial charge in [0.1, 0.15) is 0 Å². The van der Waals surface area contributed by atoms with E-state index >= 15 is 0 Å². The topological polar surface area (TPSA) is 57.5 Å². The molecule has 3 nitrogen and oxygen atoms in total. The first-order chi connectivity index (χ1) is 9.15. The summed E-state index contributed by atoms with van der Waals surface area (Å²) in [6, 6.07) is 14.0. The van der Waals surface area contributed by atoms with Crippen molar-refractivity contribution >= 4 is 30.2 Å². The summed E-state index contributed by atoms with van der Waals surface area (Å²) in [5.74, 6) is -0.361. The van der Waals surface area contributed by atoms with Crippen LogP contribution in [0.4, 0.5) is 0 Å². The van der Waals surface area contributed by atoms with Crippen LogP contribution in [0.15, 0.2) is 54.6 Å². The summed E-state index contributed by atoms with van der Waals surface area (Å²) < 4.78 is 1.07. The monoisotopic (exact) mass is 320 g/mol. The summed E-state index contributed by atoms with van der Waals surface area (Å²) in [5.41, 5.74) is 0.674. The van der Waals surface area contributed by atoms with Gasteiger partial charge in [0.25, 0.3) is 0 Å². The molecule has 19 heavy (non-hydrogen) atoms. The normalized spacial score (nSPS) is 10.7. The number of carbonyl (C=O) groups is 1. The average molecular weight is 319 g/mol. The molecule has 2 aromatic rings. The van der Waals surface area contributed by atoms with Crippen molar-refractivity contribution in [3.05, 3.63) is 60.2 Å². The van der Waals surface area contributed by atoms with Crippen LogP contribution in [0.5, 0.6) is 11.5 Å². The second kappa shape index (κ2) is 6.23. The van der Waals surface area contributed by atoms with Crippen molar-refractivity contribution in [2.45, 2.75) is 0 Å². The van der Waals surface area contributed by atoms with Crippen LogP contribution in [0.1, 0.15) is 5.56 Å². The predicted molar refractivity (Wildman–Crippen MR) is 75.6 cm³/mol. The molecule has 0 fully saturated rings. The third-order valence-corrected chi connectivity index (χ3v) is 4.15. The Labute approximate surface area is 117 Å². The Kier molecular flexibility index (Phi) is 4.39. The fourth-order valence-corrected chi connectivity index (χ4v) is 2.84. The molecular formula is C15H12O3Se. The molecule has 0 atom stereocenters. The van der Waals surface area contributed by atoms with Gasteiger partial charge in [-0.2, -0.15) is 0 Å². The Hall–Kier alpha value is -2.03. The van der Waals surface area contributed by atoms with E-state index in [0.717, 1.165) is 4.46 Å². The Morgan fingerprint density at radius 2 is 1.74 bits per heavy atom. The maximum atomic E-state index is 11.8. The number of phenols is 2. The van der Waals surface area contributed by atoms with Gasteiger partial charge in [0.15, 0.2) is 0 Å². The summed E-state index contributed by atoms with van der Waals surface area (Å²) in [5, 5.41) is 18.5. The van der Waals surface area contributed by atoms with Crippen LogP contribution in [0.25, 0.3) is 6.08 Å². The Balaban J connectivity index is 2.02. The molecule has 0 amide bonds. The first kappa shape index (κ1) is 13.4. The summed E-state index contributed by atoms with van der Waals surface area (Å²) in [7, 11) is 0. The molecule has 0 bridgehead atoms. The number of aromatic hydroxyl groups is 2. The quantitative estimate of drug-likeness (QED) is 0.512. The SMILES string of the molecule is O=C(/C=C/c1ccc(O)c(O)c1)[Se]c1ccccc1. The van der Waals surface area contributed by atoms with Crippen molar-refractivity contribution in [1.82, 2.24) is 0 Å². The molecule has 0 aliphatic rings. The van der Waals surface area contributed by atoms with Gasteiger partial charge in [-0.05, 0) is 0 Å². The fraction of sp³-hybridized carbons (Fsp3) is 0. The minimum absolute atomic E-state index is 0.0475. The Morgan fingerprint density at radius 1 is 1.00 bits per heavy atom. The van der Waals surface area contributed by atoms with Crippen LogP contribution in [-0.4, -0.2) is 29.9 Å². The van der Waals surface area contributed by atoms with E-state index in [1.54, 1.807) is 12.1 Å². The van der Waals surface area contributed by atoms with Crippen LogP contribution in [0.3, 0.4) is 0 Å². The zero-order valence-corrected chi connectivity index (χ0v) is 11.7. The van der Waals surface area contributed by atoms with E-state index in [2.05, 4.69) is 0 Å². The minimum atomic E-state index is -0.239. The summed E-state index contributed by atoms with van der Waals surface area (Å²) in [6.07, 6.45) is 3.13. The fourth-order valence-electron chi connectivity index (χ4n) is 1.45. The molecule has 0 aliphatic heterocycles. The number of benzene rings is 2. The van der Waals surface area contributed by atoms with Gasteiger partial charge in [0, 0.05) is 0 Å². The molecule has 0 aromatic heterocycles. The van der Waals surface area contributed by atoms with Crippen molar-refractivity contribution < 1.29 is 15.0 Å². The molecule has 0 aliphatic carbocycles. The Morgan fingerprint density at radius 3 is 2.42 bits per heavy atom. The number of hydrogen-bond acceptors (Lipinski definition) is 3. The summed E-state index contributed by atoms with van der Waals surface area (Å²) in [4.78, 5) is 11.8. The second-order valence-electron chi connectivity index (χ2n) is 3.82. The summed E-state index contributed by atoms with van der Waals surface area (Å²) in [6.45, 7) is 0. The van der Waals surface area contributed by atoms with Gasteiger partial charge in [-0.15, -0.1) is 0 Å². The standard InChI is InChI=1S/C15H12O3Se/c16-13-8-6-11(10-14(13)17)7-9-15(18)19-12-4-2-1-3-5-12/h1-10,16-17H/b9-7+. The van der Waals surface area contributed by atoms with Crippen LogP contribution in [0.2, 0.25) is 0 Å². The molecule has 0 radical (unpaired) electrons. The first-order valence-electron chi connectivity index (χ1n) is 5.62. The predicted octanol–water partition coefficient (Wildman–Crippen LogP) is 1.67. The molecule has 2 N–H and O–H groups in total. The number of allylic oxidation sites excluding steroid dienone is 1. The maximum absolute atomic E-state index is 11.8. The van der Waals surface area contributed by atoms with Crippen molar-refractivity contribution in [3.63, 3.8) is 0 Å². The van der Waals surface area contributed by atoms with Crippen molar-refractivity contribution in [2.24, 2.45) is 0 Å². The Bertz CT molecular complexity index is 606. The molecule has 2 aromatic carbocycles. The van der Waals surface area contributed by atoms with Crippen LogP contribution < -0.4 is 4.46 Å².